The van der Waals surface area contributed by atoms with Gasteiger partial charge in [-0.05, 0) is 29.8 Å². The standard InChI is InChI=1S/C21H16FN3O4/c1-27-21(26)16-10-25(14-5-6-17-18(8-14)29-11-28-17)20(24)15(9-23)19(16)12-3-2-4-13(22)7-12/h2-8,10,19H,11,24H2,1H3. The van der Waals surface area contributed by atoms with Crippen LogP contribution in [0.15, 0.2) is 65.6 Å². The Morgan fingerprint density at radius 3 is 2.79 bits per heavy atom. The van der Waals surface area contributed by atoms with Crippen molar-refractivity contribution in [2.24, 2.45) is 5.73 Å². The predicted molar refractivity (Wildman–Crippen MR) is 101 cm³/mol. The number of carbonyl (C=O) groups excluding carboxylic acids is 1. The number of rotatable bonds is 3. The largest absolute Gasteiger partial charge is 0.466 e. The highest BCUT2D eigenvalue weighted by atomic mass is 19.1. The number of methoxy groups -OCH3 is 1. The topological polar surface area (TPSA) is 97.8 Å². The number of carbonyl (C=O) groups is 1. The average molecular weight is 393 g/mol. The molecule has 1 atom stereocenters. The summed E-state index contributed by atoms with van der Waals surface area (Å²) in [4.78, 5) is 14.0. The van der Waals surface area contributed by atoms with Crippen LogP contribution in [0.5, 0.6) is 11.5 Å². The zero-order chi connectivity index (χ0) is 20.5. The van der Waals surface area contributed by atoms with Crippen molar-refractivity contribution in [1.82, 2.24) is 0 Å². The number of allylic oxidation sites excluding steroid dienone is 1. The Balaban J connectivity index is 1.87. The van der Waals surface area contributed by atoms with E-state index in [4.69, 9.17) is 19.9 Å². The summed E-state index contributed by atoms with van der Waals surface area (Å²) < 4.78 is 29.4. The molecule has 0 radical (unpaired) electrons. The van der Waals surface area contributed by atoms with E-state index < -0.39 is 17.7 Å². The van der Waals surface area contributed by atoms with Crippen molar-refractivity contribution < 1.29 is 23.4 Å². The maximum atomic E-state index is 13.8. The summed E-state index contributed by atoms with van der Waals surface area (Å²) in [6.07, 6.45) is 1.50. The zero-order valence-corrected chi connectivity index (χ0v) is 15.4. The van der Waals surface area contributed by atoms with E-state index in [9.17, 15) is 14.4 Å². The molecule has 0 spiro atoms. The lowest BCUT2D eigenvalue weighted by Crippen LogP contribution is -2.33. The number of benzene rings is 2. The summed E-state index contributed by atoms with van der Waals surface area (Å²) in [5.74, 6) is -0.759. The number of ether oxygens (including phenoxy) is 3. The van der Waals surface area contributed by atoms with E-state index in [0.717, 1.165) is 0 Å². The maximum absolute atomic E-state index is 13.8. The number of fused-ring (bicyclic) bond motifs is 1. The van der Waals surface area contributed by atoms with Gasteiger partial charge in [0.2, 0.25) is 6.79 Å². The molecular formula is C21H16FN3O4. The van der Waals surface area contributed by atoms with Crippen LogP contribution in [0.25, 0.3) is 0 Å². The molecule has 0 fully saturated rings. The quantitative estimate of drug-likeness (QED) is 0.801. The monoisotopic (exact) mass is 393 g/mol. The summed E-state index contributed by atoms with van der Waals surface area (Å²) in [6, 6.07) is 12.9. The third-order valence-electron chi connectivity index (χ3n) is 4.76. The summed E-state index contributed by atoms with van der Waals surface area (Å²) >= 11 is 0. The van der Waals surface area contributed by atoms with E-state index in [0.29, 0.717) is 22.7 Å². The Hall–Kier alpha value is -3.99. The van der Waals surface area contributed by atoms with Crippen molar-refractivity contribution in [2.75, 3.05) is 18.8 Å². The molecule has 29 heavy (non-hydrogen) atoms. The first-order valence-corrected chi connectivity index (χ1v) is 8.67. The second kappa shape index (κ2) is 7.20. The van der Waals surface area contributed by atoms with Gasteiger partial charge in [-0.2, -0.15) is 5.26 Å². The number of anilines is 1. The number of nitrogens with zero attached hydrogens (tertiary/aromatic N) is 2. The van der Waals surface area contributed by atoms with Gasteiger partial charge < -0.3 is 24.8 Å². The molecule has 2 aliphatic rings. The fourth-order valence-corrected chi connectivity index (χ4v) is 3.41. The number of halogens is 1. The SMILES string of the molecule is COC(=O)C1=CN(c2ccc3c(c2)OCO3)C(N)=C(C#N)C1c1cccc(F)c1. The first kappa shape index (κ1) is 18.4. The molecule has 0 bridgehead atoms. The van der Waals surface area contributed by atoms with Gasteiger partial charge in [0.15, 0.2) is 11.5 Å². The number of nitrogens with two attached hydrogens (primary N) is 1. The molecule has 0 amide bonds. The van der Waals surface area contributed by atoms with Crippen molar-refractivity contribution in [3.63, 3.8) is 0 Å². The lowest BCUT2D eigenvalue weighted by Gasteiger charge is -2.32. The average Bonchev–Trinajstić information content (AvgIpc) is 3.20. The van der Waals surface area contributed by atoms with Gasteiger partial charge >= 0.3 is 5.97 Å². The Bertz CT molecular complexity index is 1100. The summed E-state index contributed by atoms with van der Waals surface area (Å²) in [6.45, 7) is 0.110. The lowest BCUT2D eigenvalue weighted by molar-refractivity contribution is -0.136. The highest BCUT2D eigenvalue weighted by molar-refractivity contribution is 5.93. The van der Waals surface area contributed by atoms with E-state index in [1.54, 1.807) is 24.3 Å². The van der Waals surface area contributed by atoms with Crippen LogP contribution in [-0.4, -0.2) is 19.9 Å². The smallest absolute Gasteiger partial charge is 0.336 e. The molecule has 8 heteroatoms. The Morgan fingerprint density at radius 2 is 2.07 bits per heavy atom. The van der Waals surface area contributed by atoms with Gasteiger partial charge in [0.05, 0.1) is 35.9 Å². The summed E-state index contributed by atoms with van der Waals surface area (Å²) in [5.41, 5.74) is 7.55. The molecule has 4 rings (SSSR count). The van der Waals surface area contributed by atoms with E-state index in [-0.39, 0.29) is 23.8 Å². The van der Waals surface area contributed by atoms with Gasteiger partial charge in [-0.1, -0.05) is 12.1 Å². The number of nitriles is 1. The minimum absolute atomic E-state index is 0.108. The molecule has 2 aromatic carbocycles. The lowest BCUT2D eigenvalue weighted by atomic mass is 9.83. The van der Waals surface area contributed by atoms with Crippen LogP contribution >= 0.6 is 0 Å². The molecular weight excluding hydrogens is 377 g/mol. The first-order chi connectivity index (χ1) is 14.0. The second-order valence-corrected chi connectivity index (χ2v) is 6.38. The zero-order valence-electron chi connectivity index (χ0n) is 15.4. The Morgan fingerprint density at radius 1 is 1.28 bits per heavy atom. The molecule has 146 valence electrons. The minimum Gasteiger partial charge on any atom is -0.466 e. The van der Waals surface area contributed by atoms with Crippen LogP contribution in [0.2, 0.25) is 0 Å². The van der Waals surface area contributed by atoms with E-state index in [2.05, 4.69) is 6.07 Å². The molecule has 0 saturated carbocycles. The van der Waals surface area contributed by atoms with Crippen molar-refractivity contribution in [3.05, 3.63) is 77.0 Å². The summed E-state index contributed by atoms with van der Waals surface area (Å²) in [5, 5.41) is 9.82. The molecule has 2 N–H and O–H groups in total. The number of hydrogen-bond donors (Lipinski definition) is 1. The molecule has 2 heterocycles. The van der Waals surface area contributed by atoms with Crippen LogP contribution in [0.4, 0.5) is 10.1 Å². The van der Waals surface area contributed by atoms with Crippen molar-refractivity contribution >= 4 is 11.7 Å². The fourth-order valence-electron chi connectivity index (χ4n) is 3.41. The van der Waals surface area contributed by atoms with Gasteiger partial charge in [0.1, 0.15) is 11.6 Å². The van der Waals surface area contributed by atoms with Gasteiger partial charge in [-0.15, -0.1) is 0 Å². The van der Waals surface area contributed by atoms with Gasteiger partial charge in [0, 0.05) is 12.3 Å². The van der Waals surface area contributed by atoms with Crippen LogP contribution in [0, 0.1) is 17.1 Å². The highest BCUT2D eigenvalue weighted by Gasteiger charge is 2.35. The van der Waals surface area contributed by atoms with E-state index in [1.807, 2.05) is 0 Å². The fraction of sp³-hybridized carbons (Fsp3) is 0.143. The van der Waals surface area contributed by atoms with E-state index >= 15 is 0 Å². The number of esters is 1. The normalized spacial score (nSPS) is 17.6. The molecule has 2 aliphatic heterocycles. The van der Waals surface area contributed by atoms with Crippen LogP contribution < -0.4 is 20.1 Å². The van der Waals surface area contributed by atoms with Crippen LogP contribution in [-0.2, 0) is 9.53 Å². The number of hydrogen-bond acceptors (Lipinski definition) is 7. The van der Waals surface area contributed by atoms with Crippen molar-refractivity contribution in [1.29, 1.82) is 5.26 Å². The molecule has 0 aromatic heterocycles. The summed E-state index contributed by atoms with van der Waals surface area (Å²) in [7, 11) is 1.24. The molecule has 0 saturated heterocycles. The predicted octanol–water partition coefficient (Wildman–Crippen LogP) is 2.91. The molecule has 0 aliphatic carbocycles. The minimum atomic E-state index is -0.853. The third kappa shape index (κ3) is 3.12. The van der Waals surface area contributed by atoms with Crippen molar-refractivity contribution in [3.8, 4) is 17.6 Å². The third-order valence-corrected chi connectivity index (χ3v) is 4.76. The second-order valence-electron chi connectivity index (χ2n) is 6.38. The molecule has 7 nitrogen and oxygen atoms in total. The Labute approximate surface area is 166 Å². The maximum Gasteiger partial charge on any atom is 0.336 e. The van der Waals surface area contributed by atoms with Crippen LogP contribution in [0.1, 0.15) is 11.5 Å². The Kier molecular flexibility index (Phi) is 4.56. The van der Waals surface area contributed by atoms with Crippen LogP contribution in [0.3, 0.4) is 0 Å². The van der Waals surface area contributed by atoms with E-state index in [1.165, 1.54) is 36.4 Å². The van der Waals surface area contributed by atoms with Crippen molar-refractivity contribution in [2.45, 2.75) is 5.92 Å². The molecule has 2 aromatic rings. The van der Waals surface area contributed by atoms with Gasteiger partial charge in [-0.3, -0.25) is 0 Å². The highest BCUT2D eigenvalue weighted by Crippen LogP contribution is 2.42. The molecule has 1 unspecified atom stereocenters. The van der Waals surface area contributed by atoms with Gasteiger partial charge in [-0.25, -0.2) is 9.18 Å². The first-order valence-electron chi connectivity index (χ1n) is 8.67. The van der Waals surface area contributed by atoms with Gasteiger partial charge in [0.25, 0.3) is 0 Å².